The molecular weight excluding hydrogens is 212 g/mol. The Morgan fingerprint density at radius 3 is 2.94 bits per heavy atom. The third kappa shape index (κ3) is 1.97. The Bertz CT molecular complexity index is 523. The Hall–Kier alpha value is -2.44. The molecule has 0 aliphatic heterocycles. The highest BCUT2D eigenvalue weighted by molar-refractivity contribution is 6.04. The van der Waals surface area contributed by atoms with Crippen LogP contribution in [0.15, 0.2) is 22.9 Å². The van der Waals surface area contributed by atoms with E-state index in [1.807, 2.05) is 0 Å². The average Bonchev–Trinajstić information content (AvgIpc) is 2.64. The molecule has 7 nitrogen and oxygen atoms in total. The molecule has 0 aliphatic carbocycles. The van der Waals surface area contributed by atoms with Gasteiger partial charge < -0.3 is 9.52 Å². The first-order valence-corrected chi connectivity index (χ1v) is 4.41. The van der Waals surface area contributed by atoms with Gasteiger partial charge in [0.2, 0.25) is 5.89 Å². The summed E-state index contributed by atoms with van der Waals surface area (Å²) in [5, 5.41) is 18.9. The molecule has 0 aromatic carbocycles. The van der Waals surface area contributed by atoms with E-state index in [9.17, 15) is 9.90 Å². The van der Waals surface area contributed by atoms with E-state index in [1.165, 1.54) is 18.5 Å². The highest BCUT2D eigenvalue weighted by Gasteiger charge is 2.13. The summed E-state index contributed by atoms with van der Waals surface area (Å²) in [6.45, 7) is 1.60. The molecule has 0 saturated heterocycles. The summed E-state index contributed by atoms with van der Waals surface area (Å²) in [7, 11) is 0. The molecule has 7 heteroatoms. The lowest BCUT2D eigenvalue weighted by atomic mass is 10.2. The fourth-order valence-corrected chi connectivity index (χ4v) is 1.09. The van der Waals surface area contributed by atoms with Gasteiger partial charge in [0.05, 0.1) is 11.8 Å². The summed E-state index contributed by atoms with van der Waals surface area (Å²) < 4.78 is 4.96. The van der Waals surface area contributed by atoms with E-state index in [0.717, 1.165) is 0 Å². The topological polar surface area (TPSA) is 101 Å². The highest BCUT2D eigenvalue weighted by atomic mass is 16.4. The minimum atomic E-state index is -0.538. The molecular formula is C9H8N4O3. The fraction of sp³-hybridized carbons (Fsp3) is 0.111. The third-order valence-electron chi connectivity index (χ3n) is 1.79. The van der Waals surface area contributed by atoms with Crippen LogP contribution in [0.5, 0.6) is 5.75 Å². The van der Waals surface area contributed by atoms with E-state index in [1.54, 1.807) is 6.92 Å². The lowest BCUT2D eigenvalue weighted by Gasteiger charge is -2.01. The lowest BCUT2D eigenvalue weighted by molar-refractivity contribution is 0.102. The zero-order valence-electron chi connectivity index (χ0n) is 8.34. The van der Waals surface area contributed by atoms with Crippen molar-refractivity contribution in [3.05, 3.63) is 29.9 Å². The Morgan fingerprint density at radius 2 is 2.31 bits per heavy atom. The molecule has 16 heavy (non-hydrogen) atoms. The molecule has 1 amide bonds. The normalized spacial score (nSPS) is 10.1. The van der Waals surface area contributed by atoms with Crippen molar-refractivity contribution < 1.29 is 14.3 Å². The van der Waals surface area contributed by atoms with Crippen molar-refractivity contribution in [3.63, 3.8) is 0 Å². The summed E-state index contributed by atoms with van der Waals surface area (Å²) >= 11 is 0. The molecule has 2 heterocycles. The maximum atomic E-state index is 11.6. The quantitative estimate of drug-likeness (QED) is 0.773. The largest absolute Gasteiger partial charge is 0.505 e. The second-order valence-electron chi connectivity index (χ2n) is 2.97. The van der Waals surface area contributed by atoms with E-state index in [-0.39, 0.29) is 17.3 Å². The molecule has 0 unspecified atom stereocenters. The molecule has 0 fully saturated rings. The predicted molar refractivity (Wildman–Crippen MR) is 52.9 cm³/mol. The standard InChI is InChI=1S/C9H8N4O3/c1-5-12-13-9(16-5)11-8(15)6-2-3-10-4-7(6)14/h2-4,14H,1H3,(H,11,13,15). The van der Waals surface area contributed by atoms with Crippen LogP contribution in [0, 0.1) is 6.92 Å². The van der Waals surface area contributed by atoms with Gasteiger partial charge in [-0.25, -0.2) is 0 Å². The number of aromatic nitrogens is 3. The number of aromatic hydroxyl groups is 1. The third-order valence-corrected chi connectivity index (χ3v) is 1.79. The first kappa shape index (κ1) is 10.1. The molecule has 82 valence electrons. The van der Waals surface area contributed by atoms with Crippen molar-refractivity contribution in [3.8, 4) is 5.75 Å². The molecule has 0 bridgehead atoms. The van der Waals surface area contributed by atoms with Crippen LogP contribution in [0.2, 0.25) is 0 Å². The molecule has 2 aromatic heterocycles. The zero-order valence-corrected chi connectivity index (χ0v) is 8.34. The Labute approximate surface area is 90.1 Å². The van der Waals surface area contributed by atoms with Gasteiger partial charge in [-0.05, 0) is 6.07 Å². The number of aryl methyl sites for hydroxylation is 1. The maximum Gasteiger partial charge on any atom is 0.322 e. The number of carbonyl (C=O) groups is 1. The Kier molecular flexibility index (Phi) is 2.50. The van der Waals surface area contributed by atoms with Gasteiger partial charge in [-0.3, -0.25) is 15.1 Å². The molecule has 2 N–H and O–H groups in total. The van der Waals surface area contributed by atoms with Crippen molar-refractivity contribution >= 4 is 11.9 Å². The lowest BCUT2D eigenvalue weighted by Crippen LogP contribution is -2.12. The van der Waals surface area contributed by atoms with Gasteiger partial charge in [0.15, 0.2) is 0 Å². The highest BCUT2D eigenvalue weighted by Crippen LogP contribution is 2.15. The minimum Gasteiger partial charge on any atom is -0.505 e. The van der Waals surface area contributed by atoms with Gasteiger partial charge in [-0.2, -0.15) is 0 Å². The van der Waals surface area contributed by atoms with Gasteiger partial charge in [-0.15, -0.1) is 5.10 Å². The Balaban J connectivity index is 2.18. The van der Waals surface area contributed by atoms with Gasteiger partial charge in [0.25, 0.3) is 5.91 Å². The summed E-state index contributed by atoms with van der Waals surface area (Å²) in [6, 6.07) is 1.37. The smallest absolute Gasteiger partial charge is 0.322 e. The van der Waals surface area contributed by atoms with E-state index in [0.29, 0.717) is 5.89 Å². The van der Waals surface area contributed by atoms with Crippen LogP contribution < -0.4 is 5.32 Å². The number of carbonyl (C=O) groups excluding carboxylic acids is 1. The second-order valence-corrected chi connectivity index (χ2v) is 2.97. The molecule has 0 saturated carbocycles. The predicted octanol–water partition coefficient (Wildman–Crippen LogP) is 0.731. The molecule has 2 aromatic rings. The molecule has 2 rings (SSSR count). The van der Waals surface area contributed by atoms with Gasteiger partial charge in [-0.1, -0.05) is 5.10 Å². The summed E-state index contributed by atoms with van der Waals surface area (Å²) in [5.74, 6) is -0.408. The van der Waals surface area contributed by atoms with Crippen LogP contribution in [0.25, 0.3) is 0 Å². The fourth-order valence-electron chi connectivity index (χ4n) is 1.09. The average molecular weight is 220 g/mol. The van der Waals surface area contributed by atoms with E-state index < -0.39 is 5.91 Å². The number of nitrogens with one attached hydrogen (secondary N) is 1. The number of rotatable bonds is 2. The number of hydrogen-bond donors (Lipinski definition) is 2. The number of hydrogen-bond acceptors (Lipinski definition) is 6. The van der Waals surface area contributed by atoms with Crippen molar-refractivity contribution in [2.75, 3.05) is 5.32 Å². The summed E-state index contributed by atoms with van der Waals surface area (Å²) in [5.41, 5.74) is 0.0888. The van der Waals surface area contributed by atoms with Crippen LogP contribution in [-0.2, 0) is 0 Å². The van der Waals surface area contributed by atoms with E-state index in [4.69, 9.17) is 4.42 Å². The molecule has 0 atom stereocenters. The zero-order chi connectivity index (χ0) is 11.5. The van der Waals surface area contributed by atoms with Crippen molar-refractivity contribution in [2.24, 2.45) is 0 Å². The van der Waals surface area contributed by atoms with Crippen LogP contribution in [0.4, 0.5) is 6.01 Å². The first-order valence-electron chi connectivity index (χ1n) is 4.41. The SMILES string of the molecule is Cc1nnc(NC(=O)c2ccncc2O)o1. The number of pyridine rings is 1. The van der Waals surface area contributed by atoms with Crippen LogP contribution >= 0.6 is 0 Å². The second kappa shape index (κ2) is 3.97. The molecule has 0 aliphatic rings. The van der Waals surface area contributed by atoms with Gasteiger partial charge in [0, 0.05) is 13.1 Å². The monoisotopic (exact) mass is 220 g/mol. The van der Waals surface area contributed by atoms with Crippen LogP contribution in [-0.4, -0.2) is 26.2 Å². The van der Waals surface area contributed by atoms with E-state index in [2.05, 4.69) is 20.5 Å². The summed E-state index contributed by atoms with van der Waals surface area (Å²) in [4.78, 5) is 15.3. The van der Waals surface area contributed by atoms with Crippen LogP contribution in [0.1, 0.15) is 16.2 Å². The number of amides is 1. The van der Waals surface area contributed by atoms with Crippen molar-refractivity contribution in [1.29, 1.82) is 0 Å². The Morgan fingerprint density at radius 1 is 1.50 bits per heavy atom. The van der Waals surface area contributed by atoms with Gasteiger partial charge >= 0.3 is 6.01 Å². The molecule has 0 spiro atoms. The van der Waals surface area contributed by atoms with E-state index >= 15 is 0 Å². The van der Waals surface area contributed by atoms with Gasteiger partial charge in [0.1, 0.15) is 5.75 Å². The number of nitrogens with zero attached hydrogens (tertiary/aromatic N) is 3. The summed E-state index contributed by atoms with van der Waals surface area (Å²) in [6.07, 6.45) is 2.57. The number of anilines is 1. The molecule has 0 radical (unpaired) electrons. The minimum absolute atomic E-state index is 0.0151. The first-order chi connectivity index (χ1) is 7.66. The van der Waals surface area contributed by atoms with Crippen LogP contribution in [0.3, 0.4) is 0 Å². The van der Waals surface area contributed by atoms with Crippen molar-refractivity contribution in [1.82, 2.24) is 15.2 Å². The van der Waals surface area contributed by atoms with Crippen molar-refractivity contribution in [2.45, 2.75) is 6.92 Å². The maximum absolute atomic E-state index is 11.6.